The SMILES string of the molecule is CC[C@@H](C(=O)NC(C)(C)C)N(Cc1ccc(Cl)c(Cl)c1)C(=O)CN(c1ccc(C)cc1C)S(C)(=O)=O. The molecular formula is C26H35Cl2N3O4S. The first kappa shape index (κ1) is 29.9. The normalized spacial score (nSPS) is 12.7. The van der Waals surface area contributed by atoms with Crippen LogP contribution in [0.3, 0.4) is 0 Å². The summed E-state index contributed by atoms with van der Waals surface area (Å²) < 4.78 is 26.6. The Balaban J connectivity index is 2.52. The second kappa shape index (κ2) is 11.8. The van der Waals surface area contributed by atoms with Gasteiger partial charge in [-0.15, -0.1) is 0 Å². The van der Waals surface area contributed by atoms with Crippen molar-refractivity contribution in [2.75, 3.05) is 17.1 Å². The van der Waals surface area contributed by atoms with Crippen LogP contribution in [0.15, 0.2) is 36.4 Å². The molecule has 2 aromatic carbocycles. The maximum Gasteiger partial charge on any atom is 0.244 e. The van der Waals surface area contributed by atoms with Crippen molar-refractivity contribution < 1.29 is 18.0 Å². The summed E-state index contributed by atoms with van der Waals surface area (Å²) >= 11 is 12.2. The van der Waals surface area contributed by atoms with Crippen molar-refractivity contribution in [2.24, 2.45) is 0 Å². The first-order chi connectivity index (χ1) is 16.5. The number of hydrogen-bond acceptors (Lipinski definition) is 4. The van der Waals surface area contributed by atoms with Crippen LogP contribution in [0.2, 0.25) is 10.0 Å². The molecule has 198 valence electrons. The lowest BCUT2D eigenvalue weighted by atomic mass is 10.1. The lowest BCUT2D eigenvalue weighted by molar-refractivity contribution is -0.141. The van der Waals surface area contributed by atoms with Gasteiger partial charge in [-0.25, -0.2) is 8.42 Å². The van der Waals surface area contributed by atoms with E-state index in [1.807, 2.05) is 33.8 Å². The Hall–Kier alpha value is -2.29. The Morgan fingerprint density at radius 1 is 1.03 bits per heavy atom. The number of aryl methyl sites for hydroxylation is 2. The number of anilines is 1. The maximum atomic E-state index is 13.8. The zero-order valence-electron chi connectivity index (χ0n) is 21.9. The minimum absolute atomic E-state index is 0.0519. The van der Waals surface area contributed by atoms with E-state index in [0.29, 0.717) is 27.7 Å². The number of carbonyl (C=O) groups excluding carboxylic acids is 2. The van der Waals surface area contributed by atoms with Crippen LogP contribution in [0, 0.1) is 13.8 Å². The van der Waals surface area contributed by atoms with Gasteiger partial charge in [0.05, 0.1) is 22.0 Å². The van der Waals surface area contributed by atoms with Crippen molar-refractivity contribution in [1.82, 2.24) is 10.2 Å². The molecule has 36 heavy (non-hydrogen) atoms. The molecule has 0 saturated heterocycles. The van der Waals surface area contributed by atoms with Crippen LogP contribution >= 0.6 is 23.2 Å². The highest BCUT2D eigenvalue weighted by atomic mass is 35.5. The van der Waals surface area contributed by atoms with Gasteiger partial charge in [0.1, 0.15) is 12.6 Å². The van der Waals surface area contributed by atoms with Crippen molar-refractivity contribution in [3.63, 3.8) is 0 Å². The fourth-order valence-electron chi connectivity index (χ4n) is 3.89. The average molecular weight is 557 g/mol. The summed E-state index contributed by atoms with van der Waals surface area (Å²) in [6, 6.07) is 9.49. The van der Waals surface area contributed by atoms with Gasteiger partial charge in [0.25, 0.3) is 0 Å². The van der Waals surface area contributed by atoms with Gasteiger partial charge < -0.3 is 10.2 Å². The third-order valence-corrected chi connectivity index (χ3v) is 7.39. The van der Waals surface area contributed by atoms with E-state index in [1.165, 1.54) is 4.90 Å². The second-order valence-electron chi connectivity index (χ2n) is 9.99. The van der Waals surface area contributed by atoms with Gasteiger partial charge in [-0.1, -0.05) is 53.9 Å². The van der Waals surface area contributed by atoms with E-state index >= 15 is 0 Å². The third kappa shape index (κ3) is 8.11. The molecule has 0 radical (unpaired) electrons. The third-order valence-electron chi connectivity index (χ3n) is 5.52. The van der Waals surface area contributed by atoms with E-state index in [4.69, 9.17) is 23.2 Å². The highest BCUT2D eigenvalue weighted by Crippen LogP contribution is 2.26. The molecule has 0 aromatic heterocycles. The molecule has 0 heterocycles. The first-order valence-corrected chi connectivity index (χ1v) is 14.2. The molecule has 1 atom stereocenters. The molecular weight excluding hydrogens is 521 g/mol. The number of rotatable bonds is 9. The molecule has 1 N–H and O–H groups in total. The zero-order chi connectivity index (χ0) is 27.4. The standard InChI is InChI=1S/C26H35Cl2N3O4S/c1-8-22(25(33)29-26(4,5)6)30(15-19-10-11-20(27)21(28)14-19)24(32)16-31(36(7,34)35)23-12-9-17(2)13-18(23)3/h9-14,22H,8,15-16H2,1-7H3,(H,29,33)/t22-/m0/s1. The Kier molecular flexibility index (Phi) is 9.84. The summed E-state index contributed by atoms with van der Waals surface area (Å²) in [7, 11) is -3.80. The topological polar surface area (TPSA) is 86.8 Å². The molecule has 10 heteroatoms. The van der Waals surface area contributed by atoms with Gasteiger partial charge in [-0.3, -0.25) is 13.9 Å². The number of halogens is 2. The molecule has 2 amide bonds. The van der Waals surface area contributed by atoms with Crippen molar-refractivity contribution in [2.45, 2.75) is 66.1 Å². The van der Waals surface area contributed by atoms with Gasteiger partial charge in [-0.2, -0.15) is 0 Å². The van der Waals surface area contributed by atoms with Crippen molar-refractivity contribution in [3.05, 3.63) is 63.1 Å². The van der Waals surface area contributed by atoms with Gasteiger partial charge in [0, 0.05) is 12.1 Å². The van der Waals surface area contributed by atoms with E-state index < -0.39 is 34.1 Å². The molecule has 0 aliphatic carbocycles. The Morgan fingerprint density at radius 2 is 1.67 bits per heavy atom. The number of sulfonamides is 1. The summed E-state index contributed by atoms with van der Waals surface area (Å²) in [5.41, 5.74) is 2.26. The zero-order valence-corrected chi connectivity index (χ0v) is 24.2. The quantitative estimate of drug-likeness (QED) is 0.466. The number of nitrogens with zero attached hydrogens (tertiary/aromatic N) is 2. The fourth-order valence-corrected chi connectivity index (χ4v) is 5.11. The van der Waals surface area contributed by atoms with Crippen LogP contribution < -0.4 is 9.62 Å². The molecule has 0 fully saturated rings. The Labute approximate surface area is 224 Å². The lowest BCUT2D eigenvalue weighted by Gasteiger charge is -2.34. The highest BCUT2D eigenvalue weighted by molar-refractivity contribution is 7.92. The molecule has 0 aliphatic heterocycles. The van der Waals surface area contributed by atoms with Gasteiger partial charge >= 0.3 is 0 Å². The van der Waals surface area contributed by atoms with Crippen LogP contribution in [0.1, 0.15) is 50.8 Å². The molecule has 2 aromatic rings. The first-order valence-electron chi connectivity index (χ1n) is 11.6. The number of amides is 2. The van der Waals surface area contributed by atoms with Crippen molar-refractivity contribution in [1.29, 1.82) is 0 Å². The van der Waals surface area contributed by atoms with E-state index in [2.05, 4.69) is 5.32 Å². The van der Waals surface area contributed by atoms with Gasteiger partial charge in [-0.05, 0) is 70.4 Å². The molecule has 0 bridgehead atoms. The molecule has 7 nitrogen and oxygen atoms in total. The van der Waals surface area contributed by atoms with Crippen LogP contribution in [0.5, 0.6) is 0 Å². The highest BCUT2D eigenvalue weighted by Gasteiger charge is 2.33. The molecule has 0 aliphatic rings. The molecule has 0 saturated carbocycles. The summed E-state index contributed by atoms with van der Waals surface area (Å²) in [6.45, 7) is 10.7. The lowest BCUT2D eigenvalue weighted by Crippen LogP contribution is -2.55. The minimum Gasteiger partial charge on any atom is -0.350 e. The van der Waals surface area contributed by atoms with E-state index in [0.717, 1.165) is 21.7 Å². The molecule has 2 rings (SSSR count). The fraction of sp³-hybridized carbons (Fsp3) is 0.462. The van der Waals surface area contributed by atoms with Crippen LogP contribution in [0.4, 0.5) is 5.69 Å². The van der Waals surface area contributed by atoms with Crippen molar-refractivity contribution in [3.8, 4) is 0 Å². The Bertz CT molecular complexity index is 1230. The number of carbonyl (C=O) groups is 2. The van der Waals surface area contributed by atoms with Gasteiger partial charge in [0.2, 0.25) is 21.8 Å². The minimum atomic E-state index is -3.80. The smallest absolute Gasteiger partial charge is 0.244 e. The molecule has 0 spiro atoms. The van der Waals surface area contributed by atoms with E-state index in [1.54, 1.807) is 44.2 Å². The summed E-state index contributed by atoms with van der Waals surface area (Å²) in [5.74, 6) is -0.835. The van der Waals surface area contributed by atoms with Crippen LogP contribution in [-0.2, 0) is 26.2 Å². The summed E-state index contributed by atoms with van der Waals surface area (Å²) in [5, 5.41) is 3.62. The monoisotopic (exact) mass is 555 g/mol. The largest absolute Gasteiger partial charge is 0.350 e. The molecule has 0 unspecified atom stereocenters. The van der Waals surface area contributed by atoms with E-state index in [9.17, 15) is 18.0 Å². The van der Waals surface area contributed by atoms with Gasteiger partial charge in [0.15, 0.2) is 0 Å². The van der Waals surface area contributed by atoms with Crippen LogP contribution in [-0.4, -0.2) is 49.5 Å². The maximum absolute atomic E-state index is 13.8. The number of nitrogens with one attached hydrogen (secondary N) is 1. The van der Waals surface area contributed by atoms with E-state index in [-0.39, 0.29) is 12.5 Å². The predicted octanol–water partition coefficient (Wildman–Crippen LogP) is 5.10. The van der Waals surface area contributed by atoms with Crippen molar-refractivity contribution >= 4 is 50.7 Å². The number of benzene rings is 2. The van der Waals surface area contributed by atoms with Crippen LogP contribution in [0.25, 0.3) is 0 Å². The average Bonchev–Trinajstić information content (AvgIpc) is 2.72. The predicted molar refractivity (Wildman–Crippen MR) is 147 cm³/mol. The Morgan fingerprint density at radius 3 is 2.17 bits per heavy atom. The number of hydrogen-bond donors (Lipinski definition) is 1. The summed E-state index contributed by atoms with van der Waals surface area (Å²) in [6.07, 6.45) is 1.39. The summed E-state index contributed by atoms with van der Waals surface area (Å²) in [4.78, 5) is 28.4. The second-order valence-corrected chi connectivity index (χ2v) is 12.7.